The molecule has 1 aromatic heterocycles. The van der Waals surface area contributed by atoms with Crippen LogP contribution in [0.15, 0.2) is 12.3 Å². The average Bonchev–Trinajstić information content (AvgIpc) is 2.63. The van der Waals surface area contributed by atoms with Gasteiger partial charge in [-0.2, -0.15) is 5.10 Å². The van der Waals surface area contributed by atoms with Gasteiger partial charge in [-0.25, -0.2) is 8.78 Å². The lowest BCUT2D eigenvalue weighted by Gasteiger charge is -2.29. The molecule has 1 fully saturated rings. The molecule has 1 aromatic rings. The topological polar surface area (TPSA) is 55.1 Å². The summed E-state index contributed by atoms with van der Waals surface area (Å²) in [6.45, 7) is 0. The van der Waals surface area contributed by atoms with E-state index in [4.69, 9.17) is 5.11 Å². The van der Waals surface area contributed by atoms with E-state index in [1.807, 2.05) is 0 Å². The summed E-state index contributed by atoms with van der Waals surface area (Å²) < 4.78 is 28.0. The van der Waals surface area contributed by atoms with E-state index in [-0.39, 0.29) is 25.3 Å². The highest BCUT2D eigenvalue weighted by atomic mass is 19.3. The van der Waals surface area contributed by atoms with Crippen LogP contribution < -0.4 is 0 Å². The first-order valence-corrected chi connectivity index (χ1v) is 5.60. The van der Waals surface area contributed by atoms with Crippen molar-refractivity contribution in [3.8, 4) is 0 Å². The Bertz CT molecular complexity index is 417. The average molecular weight is 244 g/mol. The molecule has 0 aromatic carbocycles. The second-order valence-corrected chi connectivity index (χ2v) is 4.44. The van der Waals surface area contributed by atoms with Crippen LogP contribution in [0.25, 0.3) is 0 Å². The predicted molar refractivity (Wildman–Crippen MR) is 56.0 cm³/mol. The van der Waals surface area contributed by atoms with Crippen LogP contribution in [-0.4, -0.2) is 26.8 Å². The summed E-state index contributed by atoms with van der Waals surface area (Å²) in [5.74, 6) is -3.63. The van der Waals surface area contributed by atoms with Gasteiger partial charge in [0.05, 0.1) is 12.5 Å². The summed E-state index contributed by atoms with van der Waals surface area (Å²) in [6, 6.07) is 1.18. The van der Waals surface area contributed by atoms with Gasteiger partial charge in [0.25, 0.3) is 0 Å². The highest BCUT2D eigenvalue weighted by Gasteiger charge is 2.37. The van der Waals surface area contributed by atoms with E-state index in [1.165, 1.54) is 10.9 Å². The van der Waals surface area contributed by atoms with Crippen molar-refractivity contribution in [1.82, 2.24) is 9.78 Å². The zero-order valence-electron chi connectivity index (χ0n) is 9.27. The Morgan fingerprint density at radius 3 is 3.06 bits per heavy atom. The summed E-state index contributed by atoms with van der Waals surface area (Å²) in [4.78, 5) is 10.6. The van der Waals surface area contributed by atoms with Crippen molar-refractivity contribution in [1.29, 1.82) is 0 Å². The SMILES string of the molecule is O=C(O)Cc1ccnn1C1CCCC(F)(F)C1. The smallest absolute Gasteiger partial charge is 0.309 e. The van der Waals surface area contributed by atoms with Crippen LogP contribution in [0.2, 0.25) is 0 Å². The lowest BCUT2D eigenvalue weighted by molar-refractivity contribution is -0.136. The Labute approximate surface area is 97.2 Å². The quantitative estimate of drug-likeness (QED) is 0.887. The molecule has 6 heteroatoms. The molecule has 0 saturated heterocycles. The first kappa shape index (κ1) is 12.0. The summed E-state index contributed by atoms with van der Waals surface area (Å²) in [5.41, 5.74) is 0.486. The maximum atomic E-state index is 13.3. The Kier molecular flexibility index (Phi) is 3.13. The van der Waals surface area contributed by atoms with Gasteiger partial charge < -0.3 is 5.11 Å². The third-order valence-corrected chi connectivity index (χ3v) is 3.04. The van der Waals surface area contributed by atoms with Crippen molar-refractivity contribution in [2.24, 2.45) is 0 Å². The van der Waals surface area contributed by atoms with E-state index in [1.54, 1.807) is 6.07 Å². The number of rotatable bonds is 3. The minimum absolute atomic E-state index is 0.0843. The second-order valence-electron chi connectivity index (χ2n) is 4.44. The van der Waals surface area contributed by atoms with Crippen LogP contribution in [0.1, 0.15) is 37.4 Å². The number of alkyl halides is 2. The third-order valence-electron chi connectivity index (χ3n) is 3.04. The highest BCUT2D eigenvalue weighted by molar-refractivity contribution is 5.69. The standard InChI is InChI=1S/C11H14F2N2O2/c12-11(13)4-1-2-9(7-11)15-8(3-5-14-15)6-10(16)17/h3,5,9H,1-2,4,6-7H2,(H,16,17). The number of aliphatic carboxylic acids is 1. The number of halogens is 2. The fourth-order valence-electron chi connectivity index (χ4n) is 2.32. The molecule has 1 aliphatic carbocycles. The monoisotopic (exact) mass is 244 g/mol. The van der Waals surface area contributed by atoms with Gasteiger partial charge in [0.1, 0.15) is 0 Å². The molecule has 94 valence electrons. The maximum Gasteiger partial charge on any atom is 0.309 e. The van der Waals surface area contributed by atoms with Crippen LogP contribution in [0, 0.1) is 0 Å². The van der Waals surface area contributed by atoms with Crippen molar-refractivity contribution in [3.05, 3.63) is 18.0 Å². The van der Waals surface area contributed by atoms with E-state index in [0.717, 1.165) is 0 Å². The van der Waals surface area contributed by atoms with E-state index >= 15 is 0 Å². The van der Waals surface area contributed by atoms with Gasteiger partial charge in [0.15, 0.2) is 0 Å². The van der Waals surface area contributed by atoms with Crippen LogP contribution >= 0.6 is 0 Å². The lowest BCUT2D eigenvalue weighted by Crippen LogP contribution is -2.29. The molecule has 0 spiro atoms. The molecule has 1 saturated carbocycles. The lowest BCUT2D eigenvalue weighted by atomic mass is 9.92. The van der Waals surface area contributed by atoms with Crippen molar-refractivity contribution >= 4 is 5.97 Å². The van der Waals surface area contributed by atoms with E-state index in [2.05, 4.69) is 5.10 Å². The van der Waals surface area contributed by atoms with Gasteiger partial charge in [-0.15, -0.1) is 0 Å². The molecule has 0 radical (unpaired) electrons. The molecule has 0 bridgehead atoms. The van der Waals surface area contributed by atoms with Crippen LogP contribution in [0.4, 0.5) is 8.78 Å². The number of hydrogen-bond acceptors (Lipinski definition) is 2. The zero-order chi connectivity index (χ0) is 12.5. The number of nitrogens with zero attached hydrogens (tertiary/aromatic N) is 2. The zero-order valence-corrected chi connectivity index (χ0v) is 9.27. The van der Waals surface area contributed by atoms with Crippen LogP contribution in [-0.2, 0) is 11.2 Å². The Morgan fingerprint density at radius 1 is 1.65 bits per heavy atom. The van der Waals surface area contributed by atoms with Gasteiger partial charge in [-0.05, 0) is 18.9 Å². The summed E-state index contributed by atoms with van der Waals surface area (Å²) in [7, 11) is 0. The second kappa shape index (κ2) is 4.43. The fraction of sp³-hybridized carbons (Fsp3) is 0.636. The molecule has 17 heavy (non-hydrogen) atoms. The van der Waals surface area contributed by atoms with Gasteiger partial charge in [-0.3, -0.25) is 9.48 Å². The number of carboxylic acids is 1. The summed E-state index contributed by atoms with van der Waals surface area (Å²) in [5, 5.41) is 12.7. The Balaban J connectivity index is 2.16. The largest absolute Gasteiger partial charge is 0.481 e. The molecule has 1 N–H and O–H groups in total. The third kappa shape index (κ3) is 2.81. The molecule has 1 aliphatic rings. The van der Waals surface area contributed by atoms with Crippen LogP contribution in [0.3, 0.4) is 0 Å². The van der Waals surface area contributed by atoms with Crippen LogP contribution in [0.5, 0.6) is 0 Å². The van der Waals surface area contributed by atoms with Gasteiger partial charge in [0, 0.05) is 24.7 Å². The molecular weight excluding hydrogens is 230 g/mol. The maximum absolute atomic E-state index is 13.3. The molecular formula is C11H14F2N2O2. The van der Waals surface area contributed by atoms with E-state index in [9.17, 15) is 13.6 Å². The molecule has 1 heterocycles. The number of aromatic nitrogens is 2. The van der Waals surface area contributed by atoms with Crippen molar-refractivity contribution in [2.75, 3.05) is 0 Å². The van der Waals surface area contributed by atoms with E-state index in [0.29, 0.717) is 18.5 Å². The van der Waals surface area contributed by atoms with Crippen molar-refractivity contribution in [3.63, 3.8) is 0 Å². The number of hydrogen-bond donors (Lipinski definition) is 1. The van der Waals surface area contributed by atoms with Crippen molar-refractivity contribution in [2.45, 2.75) is 44.1 Å². The summed E-state index contributed by atoms with van der Waals surface area (Å²) in [6.07, 6.45) is 2.03. The minimum Gasteiger partial charge on any atom is -0.481 e. The fourth-order valence-corrected chi connectivity index (χ4v) is 2.32. The minimum atomic E-state index is -2.66. The van der Waals surface area contributed by atoms with Gasteiger partial charge in [0.2, 0.25) is 5.92 Å². The van der Waals surface area contributed by atoms with Crippen molar-refractivity contribution < 1.29 is 18.7 Å². The number of carbonyl (C=O) groups is 1. The first-order chi connectivity index (χ1) is 7.98. The summed E-state index contributed by atoms with van der Waals surface area (Å²) >= 11 is 0. The molecule has 0 amide bonds. The predicted octanol–water partition coefficient (Wildman–Crippen LogP) is 2.26. The molecule has 1 atom stereocenters. The van der Waals surface area contributed by atoms with Gasteiger partial charge >= 0.3 is 5.97 Å². The van der Waals surface area contributed by atoms with E-state index < -0.39 is 11.9 Å². The molecule has 4 nitrogen and oxygen atoms in total. The first-order valence-electron chi connectivity index (χ1n) is 5.60. The van der Waals surface area contributed by atoms with Gasteiger partial charge in [-0.1, -0.05) is 0 Å². The normalized spacial score (nSPS) is 23.5. The molecule has 2 rings (SSSR count). The molecule has 1 unspecified atom stereocenters. The Morgan fingerprint density at radius 2 is 2.41 bits per heavy atom. The molecule has 0 aliphatic heterocycles. The highest BCUT2D eigenvalue weighted by Crippen LogP contribution is 2.39. The Hall–Kier alpha value is -1.46. The number of carboxylic acid groups (broad SMARTS) is 1.